The molecule has 1 aromatic rings. The molecule has 0 radical (unpaired) electrons. The Morgan fingerprint density at radius 1 is 1.12 bits per heavy atom. The fourth-order valence-electron chi connectivity index (χ4n) is 1.58. The molecule has 0 heterocycles. The van der Waals surface area contributed by atoms with Crippen LogP contribution in [0.3, 0.4) is 0 Å². The Morgan fingerprint density at radius 3 is 2.12 bits per heavy atom. The number of methoxy groups -OCH3 is 2. The van der Waals surface area contributed by atoms with Crippen molar-refractivity contribution >= 4 is 0 Å². The van der Waals surface area contributed by atoms with Crippen LogP contribution in [0.1, 0.15) is 17.3 Å². The lowest BCUT2D eigenvalue weighted by Gasteiger charge is -2.23. The van der Waals surface area contributed by atoms with Gasteiger partial charge in [0.05, 0.1) is 20.4 Å². The second-order valence-electron chi connectivity index (χ2n) is 3.97. The smallest absolute Gasteiger partial charge is 0.125 e. The molecule has 0 aromatic heterocycles. The molecule has 1 rings (SSSR count). The first-order valence-corrected chi connectivity index (χ1v) is 5.15. The van der Waals surface area contributed by atoms with Gasteiger partial charge in [0.2, 0.25) is 0 Å². The zero-order valence-corrected chi connectivity index (χ0v) is 10.6. The molecular formula is C12H20N2O2. The maximum absolute atomic E-state index is 6.08. The second-order valence-corrected chi connectivity index (χ2v) is 3.97. The van der Waals surface area contributed by atoms with E-state index < -0.39 is 0 Å². The van der Waals surface area contributed by atoms with Gasteiger partial charge < -0.3 is 15.2 Å². The lowest BCUT2D eigenvalue weighted by atomic mass is 10.1. The number of hydrogen-bond acceptors (Lipinski definition) is 4. The third-order valence-corrected chi connectivity index (χ3v) is 2.62. The molecule has 1 aromatic carbocycles. The van der Waals surface area contributed by atoms with Crippen LogP contribution in [0, 0.1) is 6.92 Å². The molecule has 0 bridgehead atoms. The molecule has 16 heavy (non-hydrogen) atoms. The Morgan fingerprint density at radius 2 is 1.69 bits per heavy atom. The van der Waals surface area contributed by atoms with Gasteiger partial charge in [-0.15, -0.1) is 0 Å². The summed E-state index contributed by atoms with van der Waals surface area (Å²) in [7, 11) is 7.15. The van der Waals surface area contributed by atoms with Gasteiger partial charge in [-0.05, 0) is 38.7 Å². The number of benzene rings is 1. The maximum atomic E-state index is 6.08. The standard InChI is InChI=1S/C12H20N2O2/c1-8-6-11(16-5)9(7-10(8)15-4)12(13)14(2)3/h6-7,12H,13H2,1-5H3. The van der Waals surface area contributed by atoms with Crippen molar-refractivity contribution in [3.8, 4) is 11.5 Å². The van der Waals surface area contributed by atoms with E-state index in [1.165, 1.54) is 0 Å². The van der Waals surface area contributed by atoms with E-state index >= 15 is 0 Å². The van der Waals surface area contributed by atoms with Gasteiger partial charge in [-0.25, -0.2) is 0 Å². The van der Waals surface area contributed by atoms with Crippen molar-refractivity contribution in [3.63, 3.8) is 0 Å². The zero-order valence-electron chi connectivity index (χ0n) is 10.6. The summed E-state index contributed by atoms with van der Waals surface area (Å²) in [6.07, 6.45) is -0.204. The van der Waals surface area contributed by atoms with E-state index in [-0.39, 0.29) is 6.17 Å². The predicted molar refractivity (Wildman–Crippen MR) is 64.9 cm³/mol. The monoisotopic (exact) mass is 224 g/mol. The molecule has 0 spiro atoms. The van der Waals surface area contributed by atoms with Crippen LogP contribution in [0.2, 0.25) is 0 Å². The van der Waals surface area contributed by atoms with Crippen LogP contribution < -0.4 is 15.2 Å². The molecule has 1 unspecified atom stereocenters. The highest BCUT2D eigenvalue weighted by Gasteiger charge is 2.16. The maximum Gasteiger partial charge on any atom is 0.125 e. The Labute approximate surface area is 96.9 Å². The fourth-order valence-corrected chi connectivity index (χ4v) is 1.58. The molecule has 0 amide bonds. The SMILES string of the molecule is COc1cc(C(N)N(C)C)c(OC)cc1C. The van der Waals surface area contributed by atoms with E-state index in [0.29, 0.717) is 0 Å². The second kappa shape index (κ2) is 5.18. The summed E-state index contributed by atoms with van der Waals surface area (Å²) in [5.74, 6) is 1.62. The Hall–Kier alpha value is -1.26. The highest BCUT2D eigenvalue weighted by Crippen LogP contribution is 2.32. The average Bonchev–Trinajstić information content (AvgIpc) is 2.27. The normalized spacial score (nSPS) is 12.7. The summed E-state index contributed by atoms with van der Waals surface area (Å²) in [4.78, 5) is 1.92. The first kappa shape index (κ1) is 12.8. The van der Waals surface area contributed by atoms with Gasteiger partial charge in [-0.1, -0.05) is 0 Å². The predicted octanol–water partition coefficient (Wildman–Crippen LogP) is 1.53. The minimum Gasteiger partial charge on any atom is -0.496 e. The number of nitrogens with two attached hydrogens (primary N) is 1. The molecule has 4 heteroatoms. The van der Waals surface area contributed by atoms with E-state index in [4.69, 9.17) is 15.2 Å². The van der Waals surface area contributed by atoms with Crippen LogP contribution >= 0.6 is 0 Å². The van der Waals surface area contributed by atoms with Crippen molar-refractivity contribution in [2.75, 3.05) is 28.3 Å². The molecule has 0 aliphatic carbocycles. The lowest BCUT2D eigenvalue weighted by Crippen LogP contribution is -2.28. The summed E-state index contributed by atoms with van der Waals surface area (Å²) in [6.45, 7) is 1.98. The molecule has 0 saturated heterocycles. The minimum absolute atomic E-state index is 0.204. The zero-order chi connectivity index (χ0) is 12.3. The molecule has 4 nitrogen and oxygen atoms in total. The van der Waals surface area contributed by atoms with Gasteiger partial charge in [0, 0.05) is 5.56 Å². The highest BCUT2D eigenvalue weighted by molar-refractivity contribution is 5.47. The van der Waals surface area contributed by atoms with Crippen molar-refractivity contribution < 1.29 is 9.47 Å². The molecule has 0 saturated carbocycles. The van der Waals surface area contributed by atoms with Gasteiger partial charge >= 0.3 is 0 Å². The topological polar surface area (TPSA) is 47.7 Å². The van der Waals surface area contributed by atoms with Crippen LogP contribution in [-0.4, -0.2) is 33.2 Å². The first-order chi connectivity index (χ1) is 7.51. The molecule has 90 valence electrons. The summed E-state index contributed by atoms with van der Waals surface area (Å²) < 4.78 is 10.6. The number of ether oxygens (including phenoxy) is 2. The number of rotatable bonds is 4. The lowest BCUT2D eigenvalue weighted by molar-refractivity contribution is 0.294. The highest BCUT2D eigenvalue weighted by atomic mass is 16.5. The molecule has 0 aliphatic rings. The van der Waals surface area contributed by atoms with Crippen molar-refractivity contribution in [3.05, 3.63) is 23.3 Å². The Balaban J connectivity index is 3.24. The molecule has 0 fully saturated rings. The van der Waals surface area contributed by atoms with E-state index in [2.05, 4.69) is 0 Å². The van der Waals surface area contributed by atoms with E-state index in [9.17, 15) is 0 Å². The van der Waals surface area contributed by atoms with Crippen molar-refractivity contribution in [2.24, 2.45) is 5.73 Å². The summed E-state index contributed by atoms with van der Waals surface area (Å²) in [5.41, 5.74) is 8.04. The molecule has 0 aliphatic heterocycles. The van der Waals surface area contributed by atoms with Gasteiger partial charge in [0.25, 0.3) is 0 Å². The van der Waals surface area contributed by atoms with Gasteiger partial charge in [-0.2, -0.15) is 0 Å². The number of hydrogen-bond donors (Lipinski definition) is 1. The van der Waals surface area contributed by atoms with Crippen LogP contribution in [0.25, 0.3) is 0 Å². The third-order valence-electron chi connectivity index (χ3n) is 2.62. The van der Waals surface area contributed by atoms with E-state index in [0.717, 1.165) is 22.6 Å². The van der Waals surface area contributed by atoms with Crippen LogP contribution in [-0.2, 0) is 0 Å². The minimum atomic E-state index is -0.204. The summed E-state index contributed by atoms with van der Waals surface area (Å²) >= 11 is 0. The Bertz CT molecular complexity index is 364. The third kappa shape index (κ3) is 2.46. The van der Waals surface area contributed by atoms with Crippen LogP contribution in [0.4, 0.5) is 0 Å². The Kier molecular flexibility index (Phi) is 4.15. The van der Waals surface area contributed by atoms with Gasteiger partial charge in [0.15, 0.2) is 0 Å². The average molecular weight is 224 g/mol. The van der Waals surface area contributed by atoms with Crippen molar-refractivity contribution in [1.29, 1.82) is 0 Å². The van der Waals surface area contributed by atoms with Crippen molar-refractivity contribution in [1.82, 2.24) is 4.90 Å². The quantitative estimate of drug-likeness (QED) is 0.788. The largest absolute Gasteiger partial charge is 0.496 e. The summed E-state index contributed by atoms with van der Waals surface area (Å²) in [5, 5.41) is 0. The van der Waals surface area contributed by atoms with E-state index in [1.54, 1.807) is 14.2 Å². The van der Waals surface area contributed by atoms with E-state index in [1.807, 2.05) is 38.1 Å². The first-order valence-electron chi connectivity index (χ1n) is 5.15. The molecule has 1 atom stereocenters. The van der Waals surface area contributed by atoms with Crippen molar-refractivity contribution in [2.45, 2.75) is 13.1 Å². The molecule has 2 N–H and O–H groups in total. The van der Waals surface area contributed by atoms with Gasteiger partial charge in [0.1, 0.15) is 11.5 Å². The number of aryl methyl sites for hydroxylation is 1. The molecular weight excluding hydrogens is 204 g/mol. The van der Waals surface area contributed by atoms with Crippen LogP contribution in [0.5, 0.6) is 11.5 Å². The fraction of sp³-hybridized carbons (Fsp3) is 0.500. The summed E-state index contributed by atoms with van der Waals surface area (Å²) in [6, 6.07) is 3.87. The van der Waals surface area contributed by atoms with Gasteiger partial charge in [-0.3, -0.25) is 4.90 Å². The van der Waals surface area contributed by atoms with Crippen LogP contribution in [0.15, 0.2) is 12.1 Å². The number of nitrogens with zero attached hydrogens (tertiary/aromatic N) is 1.